The third-order valence-electron chi connectivity index (χ3n) is 2.25. The van der Waals surface area contributed by atoms with Crippen LogP contribution in [0, 0.1) is 0 Å². The zero-order valence-electron chi connectivity index (χ0n) is 5.99. The van der Waals surface area contributed by atoms with Crippen molar-refractivity contribution in [2.45, 2.75) is 25.3 Å². The van der Waals surface area contributed by atoms with Crippen molar-refractivity contribution in [1.82, 2.24) is 4.67 Å². The highest BCUT2D eigenvalue weighted by atomic mass is 31.2. The molecule has 0 spiro atoms. The first kappa shape index (κ1) is 6.99. The van der Waals surface area contributed by atoms with Crippen LogP contribution in [0.5, 0.6) is 0 Å². The molecule has 3 nitrogen and oxygen atoms in total. The van der Waals surface area contributed by atoms with Crippen LogP contribution in [-0.2, 0) is 4.52 Å². The van der Waals surface area contributed by atoms with Gasteiger partial charge in [0.15, 0.2) is 8.45 Å². The first-order chi connectivity index (χ1) is 4.88. The SMILES string of the molecule is N[P@]1OCC2CCCCN21. The Morgan fingerprint density at radius 1 is 1.50 bits per heavy atom. The van der Waals surface area contributed by atoms with Gasteiger partial charge in [-0.05, 0) is 12.8 Å². The lowest BCUT2D eigenvalue weighted by atomic mass is 10.1. The van der Waals surface area contributed by atoms with Gasteiger partial charge in [-0.1, -0.05) is 6.42 Å². The van der Waals surface area contributed by atoms with E-state index in [0.29, 0.717) is 6.04 Å². The average molecular weight is 160 g/mol. The predicted molar refractivity (Wildman–Crippen MR) is 41.4 cm³/mol. The van der Waals surface area contributed by atoms with Gasteiger partial charge in [0.1, 0.15) is 0 Å². The van der Waals surface area contributed by atoms with E-state index in [0.717, 1.165) is 13.2 Å². The fourth-order valence-corrected chi connectivity index (χ4v) is 2.97. The summed E-state index contributed by atoms with van der Waals surface area (Å²) in [6.45, 7) is 2.04. The Morgan fingerprint density at radius 3 is 3.20 bits per heavy atom. The van der Waals surface area contributed by atoms with Crippen LogP contribution in [0.15, 0.2) is 0 Å². The van der Waals surface area contributed by atoms with E-state index in [1.54, 1.807) is 0 Å². The van der Waals surface area contributed by atoms with Crippen LogP contribution in [0.25, 0.3) is 0 Å². The standard InChI is InChI=1S/C6H13N2OP/c7-10-8-4-2-1-3-6(8)5-9-10/h6H,1-5,7H2/t6?,10-/m0/s1. The lowest BCUT2D eigenvalue weighted by molar-refractivity contribution is 0.257. The van der Waals surface area contributed by atoms with Crippen molar-refractivity contribution < 1.29 is 4.52 Å². The van der Waals surface area contributed by atoms with E-state index < -0.39 is 8.45 Å². The summed E-state index contributed by atoms with van der Waals surface area (Å²) in [6, 6.07) is 0.657. The summed E-state index contributed by atoms with van der Waals surface area (Å²) in [5.74, 6) is 0. The Balaban J connectivity index is 2.01. The van der Waals surface area contributed by atoms with Gasteiger partial charge >= 0.3 is 0 Å². The van der Waals surface area contributed by atoms with Gasteiger partial charge in [-0.15, -0.1) is 0 Å². The van der Waals surface area contributed by atoms with Crippen molar-refractivity contribution in [2.75, 3.05) is 13.2 Å². The molecule has 1 unspecified atom stereocenters. The quantitative estimate of drug-likeness (QED) is 0.538. The molecule has 2 saturated heterocycles. The molecule has 2 fully saturated rings. The molecule has 2 aliphatic rings. The smallest absolute Gasteiger partial charge is 0.182 e. The number of nitrogens with zero attached hydrogens (tertiary/aromatic N) is 1. The highest BCUT2D eigenvalue weighted by Crippen LogP contribution is 2.44. The van der Waals surface area contributed by atoms with Gasteiger partial charge in [-0.25, -0.2) is 4.67 Å². The van der Waals surface area contributed by atoms with Crippen LogP contribution in [0.4, 0.5) is 0 Å². The third-order valence-corrected chi connectivity index (χ3v) is 3.70. The summed E-state index contributed by atoms with van der Waals surface area (Å²) >= 11 is 0. The van der Waals surface area contributed by atoms with Crippen molar-refractivity contribution in [1.29, 1.82) is 0 Å². The monoisotopic (exact) mass is 160 g/mol. The number of hydrogen-bond donors (Lipinski definition) is 1. The lowest BCUT2D eigenvalue weighted by Crippen LogP contribution is -2.33. The highest BCUT2D eigenvalue weighted by Gasteiger charge is 2.34. The topological polar surface area (TPSA) is 38.5 Å². The molecular weight excluding hydrogens is 147 g/mol. The number of fused-ring (bicyclic) bond motifs is 1. The molecule has 2 aliphatic heterocycles. The molecule has 0 amide bonds. The maximum atomic E-state index is 5.76. The Kier molecular flexibility index (Phi) is 1.92. The molecule has 0 saturated carbocycles. The van der Waals surface area contributed by atoms with Crippen molar-refractivity contribution in [3.63, 3.8) is 0 Å². The third kappa shape index (κ3) is 1.08. The van der Waals surface area contributed by atoms with Gasteiger partial charge in [0.2, 0.25) is 0 Å². The molecule has 2 rings (SSSR count). The van der Waals surface area contributed by atoms with Gasteiger partial charge < -0.3 is 4.52 Å². The summed E-state index contributed by atoms with van der Waals surface area (Å²) in [4.78, 5) is 0. The first-order valence-electron chi connectivity index (χ1n) is 3.82. The van der Waals surface area contributed by atoms with Gasteiger partial charge in [0, 0.05) is 12.6 Å². The minimum absolute atomic E-state index is 0.657. The summed E-state index contributed by atoms with van der Waals surface area (Å²) in [7, 11) is -0.689. The molecule has 10 heavy (non-hydrogen) atoms. The maximum Gasteiger partial charge on any atom is 0.182 e. The average Bonchev–Trinajstić information content (AvgIpc) is 2.34. The second-order valence-electron chi connectivity index (χ2n) is 2.91. The number of hydrogen-bond acceptors (Lipinski definition) is 3. The number of rotatable bonds is 0. The van der Waals surface area contributed by atoms with Gasteiger partial charge in [-0.2, -0.15) is 0 Å². The molecule has 2 heterocycles. The fourth-order valence-electron chi connectivity index (χ4n) is 1.65. The minimum atomic E-state index is -0.689. The second kappa shape index (κ2) is 2.74. The second-order valence-corrected chi connectivity index (χ2v) is 4.29. The Bertz CT molecular complexity index is 131. The van der Waals surface area contributed by atoms with E-state index in [1.165, 1.54) is 19.3 Å². The molecule has 0 aromatic heterocycles. The predicted octanol–water partition coefficient (Wildman–Crippen LogP) is 1.06. The van der Waals surface area contributed by atoms with Crippen molar-refractivity contribution in [2.24, 2.45) is 5.50 Å². The summed E-state index contributed by atoms with van der Waals surface area (Å²) in [5.41, 5.74) is 5.76. The van der Waals surface area contributed by atoms with Crippen molar-refractivity contribution in [3.05, 3.63) is 0 Å². The number of nitrogens with two attached hydrogens (primary N) is 1. The Morgan fingerprint density at radius 2 is 2.40 bits per heavy atom. The van der Waals surface area contributed by atoms with Crippen LogP contribution < -0.4 is 5.50 Å². The van der Waals surface area contributed by atoms with E-state index in [1.807, 2.05) is 0 Å². The molecule has 0 aliphatic carbocycles. The highest BCUT2D eigenvalue weighted by molar-refractivity contribution is 7.47. The van der Waals surface area contributed by atoms with Crippen LogP contribution in [0.3, 0.4) is 0 Å². The van der Waals surface area contributed by atoms with Crippen molar-refractivity contribution in [3.8, 4) is 0 Å². The zero-order chi connectivity index (χ0) is 6.97. The maximum absolute atomic E-state index is 5.76. The Hall–Kier alpha value is 0.310. The largest absolute Gasteiger partial charge is 0.330 e. The molecule has 0 aromatic rings. The van der Waals surface area contributed by atoms with Gasteiger partial charge in [-0.3, -0.25) is 5.50 Å². The molecule has 4 heteroatoms. The molecule has 2 atom stereocenters. The van der Waals surface area contributed by atoms with Crippen LogP contribution in [0.1, 0.15) is 19.3 Å². The van der Waals surface area contributed by atoms with E-state index >= 15 is 0 Å². The van der Waals surface area contributed by atoms with Gasteiger partial charge in [0.25, 0.3) is 0 Å². The van der Waals surface area contributed by atoms with Crippen LogP contribution in [0.2, 0.25) is 0 Å². The molecular formula is C6H13N2OP. The molecule has 0 bridgehead atoms. The van der Waals surface area contributed by atoms with Gasteiger partial charge in [0.05, 0.1) is 6.61 Å². The fraction of sp³-hybridized carbons (Fsp3) is 1.00. The van der Waals surface area contributed by atoms with Crippen LogP contribution >= 0.6 is 8.45 Å². The lowest BCUT2D eigenvalue weighted by Gasteiger charge is -2.28. The van der Waals surface area contributed by atoms with E-state index in [2.05, 4.69) is 4.67 Å². The normalized spacial score (nSPS) is 41.7. The summed E-state index contributed by atoms with van der Waals surface area (Å²) in [6.07, 6.45) is 3.94. The summed E-state index contributed by atoms with van der Waals surface area (Å²) in [5, 5.41) is 0. The van der Waals surface area contributed by atoms with E-state index in [9.17, 15) is 0 Å². The molecule has 0 radical (unpaired) electrons. The summed E-state index contributed by atoms with van der Waals surface area (Å²) < 4.78 is 7.70. The van der Waals surface area contributed by atoms with Crippen molar-refractivity contribution >= 4 is 8.45 Å². The first-order valence-corrected chi connectivity index (χ1v) is 5.10. The molecule has 0 aromatic carbocycles. The van der Waals surface area contributed by atoms with Crippen LogP contribution in [-0.4, -0.2) is 23.9 Å². The zero-order valence-corrected chi connectivity index (χ0v) is 6.89. The van der Waals surface area contributed by atoms with E-state index in [4.69, 9.17) is 10.0 Å². The minimum Gasteiger partial charge on any atom is -0.330 e. The molecule has 58 valence electrons. The number of piperidine rings is 1. The Labute approximate surface area is 62.5 Å². The molecule has 2 N–H and O–H groups in total. The van der Waals surface area contributed by atoms with E-state index in [-0.39, 0.29) is 0 Å².